The highest BCUT2D eigenvalue weighted by molar-refractivity contribution is 5.94. The Kier molecular flexibility index (Phi) is 5.16. The van der Waals surface area contributed by atoms with Crippen molar-refractivity contribution in [3.8, 4) is 22.9 Å². The molecule has 0 saturated heterocycles. The molecule has 4 aromatic rings. The van der Waals surface area contributed by atoms with Crippen LogP contribution in [0.25, 0.3) is 22.9 Å². The predicted molar refractivity (Wildman–Crippen MR) is 107 cm³/mol. The van der Waals surface area contributed by atoms with E-state index in [0.717, 1.165) is 22.3 Å². The van der Waals surface area contributed by atoms with Gasteiger partial charge in [0.1, 0.15) is 5.82 Å². The van der Waals surface area contributed by atoms with Crippen molar-refractivity contribution in [3.05, 3.63) is 95.3 Å². The van der Waals surface area contributed by atoms with Crippen LogP contribution in [0.2, 0.25) is 0 Å². The molecule has 0 spiro atoms. The van der Waals surface area contributed by atoms with Crippen molar-refractivity contribution in [2.45, 2.75) is 13.5 Å². The van der Waals surface area contributed by atoms with Gasteiger partial charge in [0.2, 0.25) is 11.8 Å². The quantitative estimate of drug-likeness (QED) is 0.535. The standard InChI is InChI=1S/C23H18FN3O2/c1-15-2-6-18(7-3-15)22-26-27-23(29-22)19-10-8-17(9-11-19)21(28)25-14-16-4-12-20(24)13-5-16/h2-13H,14H2,1H3,(H,25,28). The second-order valence-electron chi connectivity index (χ2n) is 6.66. The Morgan fingerprint density at radius 1 is 0.862 bits per heavy atom. The number of hydrogen-bond acceptors (Lipinski definition) is 4. The molecule has 1 aromatic heterocycles. The van der Waals surface area contributed by atoms with Crippen LogP contribution in [-0.4, -0.2) is 16.1 Å². The van der Waals surface area contributed by atoms with Crippen molar-refractivity contribution in [1.82, 2.24) is 15.5 Å². The molecule has 0 aliphatic carbocycles. The van der Waals surface area contributed by atoms with E-state index >= 15 is 0 Å². The Bertz CT molecular complexity index is 1120. The summed E-state index contributed by atoms with van der Waals surface area (Å²) in [5.74, 6) is 0.314. The first kappa shape index (κ1) is 18.6. The summed E-state index contributed by atoms with van der Waals surface area (Å²) >= 11 is 0. The number of hydrogen-bond donors (Lipinski definition) is 1. The molecule has 0 fully saturated rings. The average molecular weight is 387 g/mol. The number of carbonyl (C=O) groups excluding carboxylic acids is 1. The summed E-state index contributed by atoms with van der Waals surface area (Å²) in [6.07, 6.45) is 0. The monoisotopic (exact) mass is 387 g/mol. The smallest absolute Gasteiger partial charge is 0.251 e. The molecule has 1 N–H and O–H groups in total. The molecule has 0 saturated carbocycles. The Hall–Kier alpha value is -3.80. The largest absolute Gasteiger partial charge is 0.416 e. The summed E-state index contributed by atoms with van der Waals surface area (Å²) < 4.78 is 18.7. The average Bonchev–Trinajstić information content (AvgIpc) is 3.24. The summed E-state index contributed by atoms with van der Waals surface area (Å²) in [5, 5.41) is 11.0. The van der Waals surface area contributed by atoms with E-state index in [-0.39, 0.29) is 11.7 Å². The highest BCUT2D eigenvalue weighted by Gasteiger charge is 2.12. The number of amides is 1. The van der Waals surface area contributed by atoms with E-state index in [1.165, 1.54) is 12.1 Å². The van der Waals surface area contributed by atoms with Crippen LogP contribution in [0, 0.1) is 12.7 Å². The Morgan fingerprint density at radius 3 is 2.00 bits per heavy atom. The first-order valence-electron chi connectivity index (χ1n) is 9.12. The fraction of sp³-hybridized carbons (Fsp3) is 0.0870. The molecule has 5 nitrogen and oxygen atoms in total. The van der Waals surface area contributed by atoms with E-state index in [1.54, 1.807) is 36.4 Å². The SMILES string of the molecule is Cc1ccc(-c2nnc(-c3ccc(C(=O)NCc4ccc(F)cc4)cc3)o2)cc1. The molecule has 1 amide bonds. The van der Waals surface area contributed by atoms with Gasteiger partial charge in [0.15, 0.2) is 0 Å². The maximum atomic E-state index is 12.9. The number of halogens is 1. The lowest BCUT2D eigenvalue weighted by molar-refractivity contribution is 0.0951. The van der Waals surface area contributed by atoms with Crippen molar-refractivity contribution in [2.24, 2.45) is 0 Å². The molecule has 4 rings (SSSR count). The van der Waals surface area contributed by atoms with Gasteiger partial charge in [-0.1, -0.05) is 29.8 Å². The number of benzene rings is 3. The van der Waals surface area contributed by atoms with Gasteiger partial charge in [-0.25, -0.2) is 4.39 Å². The lowest BCUT2D eigenvalue weighted by Gasteiger charge is -2.06. The highest BCUT2D eigenvalue weighted by Crippen LogP contribution is 2.24. The summed E-state index contributed by atoms with van der Waals surface area (Å²) in [4.78, 5) is 12.3. The van der Waals surface area contributed by atoms with Gasteiger partial charge in [0.25, 0.3) is 5.91 Å². The molecule has 29 heavy (non-hydrogen) atoms. The van der Waals surface area contributed by atoms with Crippen LogP contribution >= 0.6 is 0 Å². The van der Waals surface area contributed by atoms with Crippen molar-refractivity contribution < 1.29 is 13.6 Å². The van der Waals surface area contributed by atoms with Gasteiger partial charge in [-0.2, -0.15) is 0 Å². The Morgan fingerprint density at radius 2 is 1.41 bits per heavy atom. The zero-order valence-electron chi connectivity index (χ0n) is 15.7. The maximum Gasteiger partial charge on any atom is 0.251 e. The van der Waals surface area contributed by atoms with Crippen molar-refractivity contribution in [1.29, 1.82) is 0 Å². The minimum Gasteiger partial charge on any atom is -0.416 e. The van der Waals surface area contributed by atoms with Gasteiger partial charge >= 0.3 is 0 Å². The van der Waals surface area contributed by atoms with E-state index in [0.29, 0.717) is 23.9 Å². The van der Waals surface area contributed by atoms with E-state index in [1.807, 2.05) is 31.2 Å². The van der Waals surface area contributed by atoms with Gasteiger partial charge in [0.05, 0.1) is 0 Å². The third-order valence-corrected chi connectivity index (χ3v) is 4.48. The van der Waals surface area contributed by atoms with Crippen LogP contribution in [0.3, 0.4) is 0 Å². The number of nitrogens with one attached hydrogen (secondary N) is 1. The minimum absolute atomic E-state index is 0.216. The predicted octanol–water partition coefficient (Wildman–Crippen LogP) is 4.78. The van der Waals surface area contributed by atoms with Gasteiger partial charge in [-0.05, 0) is 61.0 Å². The number of rotatable bonds is 5. The summed E-state index contributed by atoms with van der Waals surface area (Å²) in [6, 6.07) is 20.8. The van der Waals surface area contributed by atoms with Crippen LogP contribution in [-0.2, 0) is 6.54 Å². The van der Waals surface area contributed by atoms with Crippen LogP contribution in [0.4, 0.5) is 4.39 Å². The second-order valence-corrected chi connectivity index (χ2v) is 6.66. The minimum atomic E-state index is -0.303. The number of aryl methyl sites for hydroxylation is 1. The Labute approximate surface area is 167 Å². The van der Waals surface area contributed by atoms with E-state index < -0.39 is 0 Å². The van der Waals surface area contributed by atoms with E-state index in [4.69, 9.17) is 4.42 Å². The molecule has 0 atom stereocenters. The molecule has 0 bridgehead atoms. The lowest BCUT2D eigenvalue weighted by Crippen LogP contribution is -2.22. The topological polar surface area (TPSA) is 68.0 Å². The molecule has 144 valence electrons. The molecule has 0 unspecified atom stereocenters. The highest BCUT2D eigenvalue weighted by atomic mass is 19.1. The molecule has 0 radical (unpaired) electrons. The van der Waals surface area contributed by atoms with Crippen LogP contribution in [0.15, 0.2) is 77.2 Å². The first-order chi connectivity index (χ1) is 14.1. The third-order valence-electron chi connectivity index (χ3n) is 4.48. The van der Waals surface area contributed by atoms with Gasteiger partial charge in [-0.3, -0.25) is 4.79 Å². The molecular formula is C23H18FN3O2. The van der Waals surface area contributed by atoms with Crippen molar-refractivity contribution in [2.75, 3.05) is 0 Å². The van der Waals surface area contributed by atoms with Crippen molar-refractivity contribution in [3.63, 3.8) is 0 Å². The second kappa shape index (κ2) is 8.06. The van der Waals surface area contributed by atoms with Gasteiger partial charge in [-0.15, -0.1) is 10.2 Å². The summed E-state index contributed by atoms with van der Waals surface area (Å²) in [7, 11) is 0. The summed E-state index contributed by atoms with van der Waals surface area (Å²) in [6.45, 7) is 2.34. The van der Waals surface area contributed by atoms with Gasteiger partial charge < -0.3 is 9.73 Å². The zero-order valence-corrected chi connectivity index (χ0v) is 15.7. The molecule has 3 aromatic carbocycles. The first-order valence-corrected chi connectivity index (χ1v) is 9.12. The summed E-state index contributed by atoms with van der Waals surface area (Å²) in [5.41, 5.74) is 4.07. The maximum absolute atomic E-state index is 12.9. The molecule has 0 aliphatic heterocycles. The van der Waals surface area contributed by atoms with Crippen LogP contribution in [0.1, 0.15) is 21.5 Å². The van der Waals surface area contributed by atoms with Crippen molar-refractivity contribution >= 4 is 5.91 Å². The van der Waals surface area contributed by atoms with Crippen LogP contribution in [0.5, 0.6) is 0 Å². The number of carbonyl (C=O) groups is 1. The molecule has 1 heterocycles. The fourth-order valence-electron chi connectivity index (χ4n) is 2.80. The molecule has 6 heteroatoms. The van der Waals surface area contributed by atoms with Crippen LogP contribution < -0.4 is 5.32 Å². The fourth-order valence-corrected chi connectivity index (χ4v) is 2.80. The molecule has 0 aliphatic rings. The number of aromatic nitrogens is 2. The normalized spacial score (nSPS) is 10.7. The number of nitrogens with zero attached hydrogens (tertiary/aromatic N) is 2. The van der Waals surface area contributed by atoms with Gasteiger partial charge in [0, 0.05) is 23.2 Å². The molecular weight excluding hydrogens is 369 g/mol. The third kappa shape index (κ3) is 4.38. The van der Waals surface area contributed by atoms with E-state index in [9.17, 15) is 9.18 Å². The van der Waals surface area contributed by atoms with E-state index in [2.05, 4.69) is 15.5 Å². The lowest BCUT2D eigenvalue weighted by atomic mass is 10.1. The zero-order chi connectivity index (χ0) is 20.2. The Balaban J connectivity index is 1.43.